The molecule has 0 saturated carbocycles. The van der Waals surface area contributed by atoms with Gasteiger partial charge in [-0.3, -0.25) is 14.5 Å². The second-order valence-electron chi connectivity index (χ2n) is 7.07. The third-order valence-corrected chi connectivity index (χ3v) is 5.10. The maximum absolute atomic E-state index is 14.0. The Balaban J connectivity index is 1.36. The highest BCUT2D eigenvalue weighted by atomic mass is 19.1. The highest BCUT2D eigenvalue weighted by Crippen LogP contribution is 2.37. The molecule has 29 heavy (non-hydrogen) atoms. The van der Waals surface area contributed by atoms with Crippen LogP contribution in [0.5, 0.6) is 11.5 Å². The predicted octanol–water partition coefficient (Wildman–Crippen LogP) is 2.52. The fourth-order valence-corrected chi connectivity index (χ4v) is 3.58. The highest BCUT2D eigenvalue weighted by Gasteiger charge is 2.23. The van der Waals surface area contributed by atoms with Gasteiger partial charge in [0, 0.05) is 37.8 Å². The van der Waals surface area contributed by atoms with Crippen LogP contribution in [0.4, 0.5) is 15.8 Å². The summed E-state index contributed by atoms with van der Waals surface area (Å²) in [5.74, 6) is 0.377. The zero-order valence-electron chi connectivity index (χ0n) is 16.1. The number of ether oxygens (including phenoxy) is 2. The van der Waals surface area contributed by atoms with Crippen molar-refractivity contribution in [2.45, 2.75) is 6.92 Å². The first-order valence-corrected chi connectivity index (χ1v) is 9.47. The lowest BCUT2D eigenvalue weighted by Crippen LogP contribution is -2.49. The molecule has 2 aliphatic heterocycles. The van der Waals surface area contributed by atoms with E-state index in [1.807, 2.05) is 15.9 Å². The Morgan fingerprint density at radius 1 is 1.07 bits per heavy atom. The fourth-order valence-electron chi connectivity index (χ4n) is 3.58. The Hall–Kier alpha value is -3.13. The Morgan fingerprint density at radius 3 is 2.45 bits per heavy atom. The van der Waals surface area contributed by atoms with Crippen LogP contribution in [0.15, 0.2) is 36.4 Å². The third-order valence-electron chi connectivity index (χ3n) is 5.10. The molecule has 7 nitrogen and oxygen atoms in total. The molecule has 0 aromatic heterocycles. The molecular weight excluding hydrogens is 377 g/mol. The number of ketones is 1. The molecule has 0 atom stereocenters. The highest BCUT2D eigenvalue weighted by molar-refractivity contribution is 6.05. The average molecular weight is 399 g/mol. The van der Waals surface area contributed by atoms with Gasteiger partial charge in [-0.2, -0.15) is 0 Å². The van der Waals surface area contributed by atoms with Gasteiger partial charge in [0.1, 0.15) is 5.82 Å². The number of carbonyl (C=O) groups excluding carboxylic acids is 2. The minimum atomic E-state index is -0.238. The van der Waals surface area contributed by atoms with Crippen LogP contribution < -0.4 is 19.7 Å². The van der Waals surface area contributed by atoms with Crippen molar-refractivity contribution in [1.29, 1.82) is 0 Å². The van der Waals surface area contributed by atoms with Gasteiger partial charge in [0.05, 0.1) is 17.9 Å². The lowest BCUT2D eigenvalue weighted by atomic mass is 10.1. The van der Waals surface area contributed by atoms with Crippen LogP contribution in [0.2, 0.25) is 0 Å². The van der Waals surface area contributed by atoms with E-state index < -0.39 is 0 Å². The van der Waals surface area contributed by atoms with Crippen LogP contribution in [0.3, 0.4) is 0 Å². The third kappa shape index (κ3) is 4.17. The van der Waals surface area contributed by atoms with Crippen LogP contribution in [-0.2, 0) is 4.79 Å². The number of nitrogens with one attached hydrogen (secondary N) is 1. The van der Waals surface area contributed by atoms with E-state index in [0.717, 1.165) is 0 Å². The van der Waals surface area contributed by atoms with Crippen molar-refractivity contribution in [1.82, 2.24) is 4.90 Å². The van der Waals surface area contributed by atoms with Gasteiger partial charge in [-0.05, 0) is 25.1 Å². The first-order valence-electron chi connectivity index (χ1n) is 9.47. The number of fused-ring (bicyclic) bond motifs is 1. The van der Waals surface area contributed by atoms with E-state index in [4.69, 9.17) is 9.47 Å². The normalized spacial score (nSPS) is 16.0. The van der Waals surface area contributed by atoms with Crippen molar-refractivity contribution in [2.24, 2.45) is 0 Å². The van der Waals surface area contributed by atoms with Gasteiger partial charge in [-0.1, -0.05) is 12.1 Å². The Morgan fingerprint density at radius 2 is 1.76 bits per heavy atom. The molecule has 0 unspecified atom stereocenters. The lowest BCUT2D eigenvalue weighted by Gasteiger charge is -2.35. The molecule has 0 spiro atoms. The topological polar surface area (TPSA) is 71.1 Å². The largest absolute Gasteiger partial charge is 0.454 e. The van der Waals surface area contributed by atoms with Crippen LogP contribution in [0.25, 0.3) is 0 Å². The summed E-state index contributed by atoms with van der Waals surface area (Å²) in [6.45, 7) is 4.28. The minimum absolute atomic E-state index is 0.0936. The zero-order valence-corrected chi connectivity index (χ0v) is 16.1. The van der Waals surface area contributed by atoms with Crippen molar-refractivity contribution < 1.29 is 23.5 Å². The summed E-state index contributed by atoms with van der Waals surface area (Å²) in [5, 5.41) is 2.81. The Kier molecular flexibility index (Phi) is 5.35. The van der Waals surface area contributed by atoms with Crippen molar-refractivity contribution >= 4 is 23.1 Å². The average Bonchev–Trinajstić information content (AvgIpc) is 3.16. The van der Waals surface area contributed by atoms with Crippen LogP contribution >= 0.6 is 0 Å². The molecule has 2 aromatic carbocycles. The van der Waals surface area contributed by atoms with Crippen molar-refractivity contribution in [2.75, 3.05) is 49.7 Å². The van der Waals surface area contributed by atoms with Crippen LogP contribution in [0, 0.1) is 5.82 Å². The molecule has 2 heterocycles. The van der Waals surface area contributed by atoms with Crippen molar-refractivity contribution in [3.8, 4) is 11.5 Å². The number of hydrogen-bond donors (Lipinski definition) is 1. The number of rotatable bonds is 5. The number of nitrogens with zero attached hydrogens (tertiary/aromatic N) is 2. The number of hydrogen-bond acceptors (Lipinski definition) is 6. The summed E-state index contributed by atoms with van der Waals surface area (Å²) in [5.41, 5.74) is 1.38. The molecule has 4 rings (SSSR count). The number of halogens is 1. The van der Waals surface area contributed by atoms with E-state index >= 15 is 0 Å². The van der Waals surface area contributed by atoms with E-state index in [1.165, 1.54) is 13.0 Å². The SMILES string of the molecule is CC(=O)c1cc2c(cc1NC(=O)CN1CCN(c3ccccc3F)CC1)OCO2. The Labute approximate surface area is 168 Å². The molecule has 8 heteroatoms. The van der Waals surface area contributed by atoms with E-state index in [2.05, 4.69) is 5.32 Å². The van der Waals surface area contributed by atoms with Crippen LogP contribution in [-0.4, -0.2) is 56.1 Å². The lowest BCUT2D eigenvalue weighted by molar-refractivity contribution is -0.117. The molecular formula is C21H22FN3O4. The molecule has 2 aliphatic rings. The number of anilines is 2. The predicted molar refractivity (Wildman–Crippen MR) is 106 cm³/mol. The standard InChI is InChI=1S/C21H22FN3O4/c1-14(26)15-10-19-20(29-13-28-19)11-17(15)23-21(27)12-24-6-8-25(9-7-24)18-5-3-2-4-16(18)22/h2-5,10-11H,6-9,12-13H2,1H3,(H,23,27). The summed E-state index contributed by atoms with van der Waals surface area (Å²) < 4.78 is 24.6. The van der Waals surface area contributed by atoms with Crippen LogP contribution in [0.1, 0.15) is 17.3 Å². The van der Waals surface area contributed by atoms with Gasteiger partial charge in [0.2, 0.25) is 12.7 Å². The zero-order chi connectivity index (χ0) is 20.4. The summed E-state index contributed by atoms with van der Waals surface area (Å²) in [4.78, 5) is 28.5. The smallest absolute Gasteiger partial charge is 0.238 e. The molecule has 1 amide bonds. The van der Waals surface area contributed by atoms with E-state index in [1.54, 1.807) is 24.3 Å². The number of benzene rings is 2. The summed E-state index contributed by atoms with van der Waals surface area (Å²) >= 11 is 0. The molecule has 1 fully saturated rings. The number of para-hydroxylation sites is 1. The molecule has 1 N–H and O–H groups in total. The van der Waals surface area contributed by atoms with Gasteiger partial charge < -0.3 is 19.7 Å². The summed E-state index contributed by atoms with van der Waals surface area (Å²) in [6, 6.07) is 9.91. The van der Waals surface area contributed by atoms with Gasteiger partial charge in [0.15, 0.2) is 17.3 Å². The summed E-state index contributed by atoms with van der Waals surface area (Å²) in [6.07, 6.45) is 0. The van der Waals surface area contributed by atoms with Gasteiger partial charge >= 0.3 is 0 Å². The first-order chi connectivity index (χ1) is 14.0. The Bertz CT molecular complexity index is 942. The minimum Gasteiger partial charge on any atom is -0.454 e. The second-order valence-corrected chi connectivity index (χ2v) is 7.07. The fraction of sp³-hybridized carbons (Fsp3) is 0.333. The van der Waals surface area contributed by atoms with E-state index in [0.29, 0.717) is 54.6 Å². The number of amides is 1. The molecule has 0 radical (unpaired) electrons. The van der Waals surface area contributed by atoms with E-state index in [-0.39, 0.29) is 30.8 Å². The maximum Gasteiger partial charge on any atom is 0.238 e. The maximum atomic E-state index is 14.0. The van der Waals surface area contributed by atoms with Crippen molar-refractivity contribution in [3.63, 3.8) is 0 Å². The van der Waals surface area contributed by atoms with Gasteiger partial charge in [0.25, 0.3) is 0 Å². The quantitative estimate of drug-likeness (QED) is 0.779. The molecule has 152 valence electrons. The number of carbonyl (C=O) groups is 2. The first kappa shape index (κ1) is 19.2. The number of Topliss-reactive ketones (excluding diaryl/α,β-unsaturated/α-hetero) is 1. The molecule has 1 saturated heterocycles. The summed E-state index contributed by atoms with van der Waals surface area (Å²) in [7, 11) is 0. The van der Waals surface area contributed by atoms with Gasteiger partial charge in [-0.25, -0.2) is 4.39 Å². The second kappa shape index (κ2) is 8.08. The monoisotopic (exact) mass is 399 g/mol. The molecule has 0 bridgehead atoms. The van der Waals surface area contributed by atoms with Crippen molar-refractivity contribution in [3.05, 3.63) is 47.8 Å². The van der Waals surface area contributed by atoms with E-state index in [9.17, 15) is 14.0 Å². The van der Waals surface area contributed by atoms with Gasteiger partial charge in [-0.15, -0.1) is 0 Å². The molecule has 0 aliphatic carbocycles. The molecule has 2 aromatic rings. The number of piperazine rings is 1.